The largest absolute Gasteiger partial charge is 0.394 e. The summed E-state index contributed by atoms with van der Waals surface area (Å²) in [7, 11) is 0. The van der Waals surface area contributed by atoms with Gasteiger partial charge < -0.3 is 24.4 Å². The zero-order valence-corrected chi connectivity index (χ0v) is 22.1. The summed E-state index contributed by atoms with van der Waals surface area (Å²) in [5, 5.41) is 18.6. The maximum absolute atomic E-state index is 9.97. The first-order chi connectivity index (χ1) is 16.3. The Kier molecular flexibility index (Phi) is 29.7. The first-order valence-electron chi connectivity index (χ1n) is 14.3. The lowest BCUT2D eigenvalue weighted by Gasteiger charge is -2.11. The fraction of sp³-hybridized carbons (Fsp3) is 1.00. The predicted octanol–water partition coefficient (Wildman–Crippen LogP) is 6.82. The van der Waals surface area contributed by atoms with Crippen LogP contribution in [0.15, 0.2) is 0 Å². The van der Waals surface area contributed by atoms with Gasteiger partial charge in [-0.25, -0.2) is 0 Å². The molecular formula is C28H58O5. The van der Waals surface area contributed by atoms with Crippen LogP contribution in [-0.4, -0.2) is 62.6 Å². The Hall–Kier alpha value is -0.200. The topological polar surface area (TPSA) is 68.2 Å². The van der Waals surface area contributed by atoms with Gasteiger partial charge in [-0.05, 0) is 6.42 Å². The second-order valence-electron chi connectivity index (χ2n) is 9.48. The number of aliphatic hydroxyl groups is 2. The highest BCUT2D eigenvalue weighted by molar-refractivity contribution is 4.55. The molecule has 0 heterocycles. The average molecular weight is 475 g/mol. The van der Waals surface area contributed by atoms with Crippen LogP contribution < -0.4 is 0 Å². The lowest BCUT2D eigenvalue weighted by atomic mass is 10.0. The molecule has 200 valence electrons. The third kappa shape index (κ3) is 29.8. The first-order valence-corrected chi connectivity index (χ1v) is 14.3. The molecule has 5 nitrogen and oxygen atoms in total. The van der Waals surface area contributed by atoms with Crippen LogP contribution in [0.1, 0.15) is 129 Å². The fourth-order valence-corrected chi connectivity index (χ4v) is 4.09. The minimum Gasteiger partial charge on any atom is -0.394 e. The normalized spacial score (nSPS) is 12.5. The van der Waals surface area contributed by atoms with E-state index in [0.717, 1.165) is 12.8 Å². The lowest BCUT2D eigenvalue weighted by Crippen LogP contribution is -2.18. The molecule has 0 rings (SSSR count). The number of ether oxygens (including phenoxy) is 3. The van der Waals surface area contributed by atoms with Gasteiger partial charge in [0.15, 0.2) is 0 Å². The highest BCUT2D eigenvalue weighted by atomic mass is 16.5. The van der Waals surface area contributed by atoms with Gasteiger partial charge in [-0.1, -0.05) is 122 Å². The van der Waals surface area contributed by atoms with Gasteiger partial charge in [0.1, 0.15) is 0 Å². The third-order valence-corrected chi connectivity index (χ3v) is 6.18. The summed E-state index contributed by atoms with van der Waals surface area (Å²) in [4.78, 5) is 0. The van der Waals surface area contributed by atoms with Gasteiger partial charge in [0.05, 0.1) is 52.4 Å². The Balaban J connectivity index is 3.11. The Morgan fingerprint density at radius 2 is 0.848 bits per heavy atom. The van der Waals surface area contributed by atoms with Crippen molar-refractivity contribution in [2.75, 3.05) is 46.2 Å². The van der Waals surface area contributed by atoms with E-state index in [-0.39, 0.29) is 12.7 Å². The van der Waals surface area contributed by atoms with E-state index in [2.05, 4.69) is 6.92 Å². The van der Waals surface area contributed by atoms with E-state index in [1.54, 1.807) is 0 Å². The SMILES string of the molecule is CCCCCCCCCCCCCCCCCCCCC(O)COCCOCCOCCO. The molecular weight excluding hydrogens is 416 g/mol. The molecule has 0 aliphatic carbocycles. The lowest BCUT2D eigenvalue weighted by molar-refractivity contribution is -0.0144. The molecule has 5 heteroatoms. The maximum Gasteiger partial charge on any atom is 0.0773 e. The van der Waals surface area contributed by atoms with Gasteiger partial charge >= 0.3 is 0 Å². The predicted molar refractivity (Wildman–Crippen MR) is 139 cm³/mol. The van der Waals surface area contributed by atoms with Crippen molar-refractivity contribution in [1.82, 2.24) is 0 Å². The second-order valence-corrected chi connectivity index (χ2v) is 9.48. The standard InChI is InChI=1S/C28H58O5/c1-2-3-4-5-6-7-8-9-10-11-12-13-14-15-16-17-18-19-20-28(30)27-33-26-25-32-24-23-31-22-21-29/h28-30H,2-27H2,1H3. The molecule has 0 spiro atoms. The van der Waals surface area contributed by atoms with E-state index in [0.29, 0.717) is 39.6 Å². The fourth-order valence-electron chi connectivity index (χ4n) is 4.09. The quantitative estimate of drug-likeness (QED) is 0.116. The number of unbranched alkanes of at least 4 members (excludes halogenated alkanes) is 17. The molecule has 0 aromatic rings. The molecule has 0 radical (unpaired) electrons. The summed E-state index contributed by atoms with van der Waals surface area (Å²) in [5.41, 5.74) is 0. The van der Waals surface area contributed by atoms with Crippen molar-refractivity contribution in [2.45, 2.75) is 135 Å². The van der Waals surface area contributed by atoms with E-state index in [1.165, 1.54) is 109 Å². The zero-order valence-electron chi connectivity index (χ0n) is 22.1. The van der Waals surface area contributed by atoms with Crippen molar-refractivity contribution >= 4 is 0 Å². The second kappa shape index (κ2) is 29.8. The molecule has 0 saturated heterocycles. The Bertz CT molecular complexity index is 340. The summed E-state index contributed by atoms with van der Waals surface area (Å²) in [5.74, 6) is 0. The highest BCUT2D eigenvalue weighted by Gasteiger charge is 2.04. The summed E-state index contributed by atoms with van der Waals surface area (Å²) in [6.45, 7) is 5.07. The average Bonchev–Trinajstić information content (AvgIpc) is 2.82. The van der Waals surface area contributed by atoms with Crippen LogP contribution in [0.5, 0.6) is 0 Å². The van der Waals surface area contributed by atoms with Crippen molar-refractivity contribution in [1.29, 1.82) is 0 Å². The summed E-state index contributed by atoms with van der Waals surface area (Å²) >= 11 is 0. The van der Waals surface area contributed by atoms with Crippen LogP contribution in [0.4, 0.5) is 0 Å². The molecule has 0 aromatic carbocycles. The summed E-state index contributed by atoms with van der Waals surface area (Å²) in [6.07, 6.45) is 25.3. The number of hydrogen-bond acceptors (Lipinski definition) is 5. The van der Waals surface area contributed by atoms with Crippen LogP contribution in [0.2, 0.25) is 0 Å². The molecule has 0 saturated carbocycles. The molecule has 0 aliphatic rings. The first kappa shape index (κ1) is 32.8. The molecule has 1 unspecified atom stereocenters. The van der Waals surface area contributed by atoms with Gasteiger partial charge in [-0.2, -0.15) is 0 Å². The zero-order chi connectivity index (χ0) is 24.1. The van der Waals surface area contributed by atoms with Crippen LogP contribution in [0, 0.1) is 0 Å². The third-order valence-electron chi connectivity index (χ3n) is 6.18. The summed E-state index contributed by atoms with van der Waals surface area (Å²) < 4.78 is 15.9. The molecule has 0 bridgehead atoms. The molecule has 33 heavy (non-hydrogen) atoms. The van der Waals surface area contributed by atoms with Crippen molar-refractivity contribution in [3.63, 3.8) is 0 Å². The van der Waals surface area contributed by atoms with Crippen LogP contribution >= 0.6 is 0 Å². The number of hydrogen-bond donors (Lipinski definition) is 2. The monoisotopic (exact) mass is 474 g/mol. The Morgan fingerprint density at radius 3 is 1.27 bits per heavy atom. The van der Waals surface area contributed by atoms with Gasteiger partial charge in [0.25, 0.3) is 0 Å². The Labute approximate surface area is 206 Å². The number of rotatable bonds is 29. The van der Waals surface area contributed by atoms with Gasteiger partial charge in [0, 0.05) is 0 Å². The van der Waals surface area contributed by atoms with Gasteiger partial charge in [0.2, 0.25) is 0 Å². The van der Waals surface area contributed by atoms with Gasteiger partial charge in [-0.15, -0.1) is 0 Å². The van der Waals surface area contributed by atoms with E-state index in [1.807, 2.05) is 0 Å². The maximum atomic E-state index is 9.97. The van der Waals surface area contributed by atoms with E-state index < -0.39 is 0 Å². The van der Waals surface area contributed by atoms with Gasteiger partial charge in [-0.3, -0.25) is 0 Å². The smallest absolute Gasteiger partial charge is 0.0773 e. The van der Waals surface area contributed by atoms with Crippen LogP contribution in [0.25, 0.3) is 0 Å². The van der Waals surface area contributed by atoms with Crippen molar-refractivity contribution in [3.05, 3.63) is 0 Å². The molecule has 2 N–H and O–H groups in total. The van der Waals surface area contributed by atoms with E-state index in [4.69, 9.17) is 19.3 Å². The summed E-state index contributed by atoms with van der Waals surface area (Å²) in [6, 6.07) is 0. The molecule has 0 aliphatic heterocycles. The minimum atomic E-state index is -0.362. The highest BCUT2D eigenvalue weighted by Crippen LogP contribution is 2.14. The molecule has 0 fully saturated rings. The van der Waals surface area contributed by atoms with E-state index >= 15 is 0 Å². The molecule has 0 amide bonds. The van der Waals surface area contributed by atoms with Crippen LogP contribution in [-0.2, 0) is 14.2 Å². The van der Waals surface area contributed by atoms with Crippen molar-refractivity contribution < 1.29 is 24.4 Å². The molecule has 0 aromatic heterocycles. The van der Waals surface area contributed by atoms with Crippen molar-refractivity contribution in [3.8, 4) is 0 Å². The Morgan fingerprint density at radius 1 is 0.485 bits per heavy atom. The van der Waals surface area contributed by atoms with Crippen molar-refractivity contribution in [2.24, 2.45) is 0 Å². The van der Waals surface area contributed by atoms with E-state index in [9.17, 15) is 5.11 Å². The number of aliphatic hydroxyl groups excluding tert-OH is 2. The minimum absolute atomic E-state index is 0.0421. The molecule has 1 atom stereocenters. The van der Waals surface area contributed by atoms with Crippen LogP contribution in [0.3, 0.4) is 0 Å².